The molecule has 9 nitrogen and oxygen atoms in total. The summed E-state index contributed by atoms with van der Waals surface area (Å²) in [6, 6.07) is 2.95. The fourth-order valence-electron chi connectivity index (χ4n) is 2.98. The minimum Gasteiger partial charge on any atom is -0.479 e. The number of likely N-dealkylation sites (N-methyl/N-ethyl adjacent to an activating group) is 1. The van der Waals surface area contributed by atoms with Gasteiger partial charge in [0.1, 0.15) is 5.75 Å². The molecule has 1 saturated heterocycles. The van der Waals surface area contributed by atoms with Gasteiger partial charge >= 0.3 is 0 Å². The minimum absolute atomic E-state index is 0.0434. The zero-order valence-electron chi connectivity index (χ0n) is 15.5. The monoisotopic (exact) mass is 397 g/mol. The molecule has 1 aromatic rings. The maximum absolute atomic E-state index is 13.0. The summed E-state index contributed by atoms with van der Waals surface area (Å²) in [5, 5.41) is 2.69. The van der Waals surface area contributed by atoms with Crippen LogP contribution in [0.1, 0.15) is 12.5 Å². The first-order valence-electron chi connectivity index (χ1n) is 8.64. The van der Waals surface area contributed by atoms with Gasteiger partial charge in [-0.3, -0.25) is 9.59 Å². The Morgan fingerprint density at radius 2 is 2.00 bits per heavy atom. The van der Waals surface area contributed by atoms with Crippen molar-refractivity contribution in [3.8, 4) is 5.75 Å². The number of nitrogens with one attached hydrogen (secondary N) is 1. The second kappa shape index (κ2) is 7.45. The van der Waals surface area contributed by atoms with Crippen LogP contribution < -0.4 is 10.1 Å². The number of amides is 2. The molecule has 1 fully saturated rings. The van der Waals surface area contributed by atoms with Gasteiger partial charge in [-0.05, 0) is 25.5 Å². The first-order valence-corrected chi connectivity index (χ1v) is 10.1. The summed E-state index contributed by atoms with van der Waals surface area (Å²) < 4.78 is 37.7. The van der Waals surface area contributed by atoms with Gasteiger partial charge in [0, 0.05) is 26.2 Å². The maximum atomic E-state index is 13.0. The lowest BCUT2D eigenvalue weighted by atomic mass is 10.1. The van der Waals surface area contributed by atoms with Crippen molar-refractivity contribution in [1.82, 2.24) is 9.21 Å². The molecule has 10 heteroatoms. The zero-order chi connectivity index (χ0) is 19.8. The number of fused-ring (bicyclic) bond motifs is 1. The van der Waals surface area contributed by atoms with E-state index in [1.165, 1.54) is 13.1 Å². The van der Waals surface area contributed by atoms with Gasteiger partial charge in [0.25, 0.3) is 5.91 Å². The standard InChI is InChI=1S/C17H23N3O6S/c1-11-8-13-14(26-12(2)17(22)18-13)9-15(11)27(23,24)19(3)10-16(21)20-4-6-25-7-5-20/h8-9,12H,4-7,10H2,1-3H3,(H,18,22)/t12-/m0/s1. The molecule has 3 rings (SSSR count). The lowest BCUT2D eigenvalue weighted by molar-refractivity contribution is -0.135. The first kappa shape index (κ1) is 19.6. The number of anilines is 1. The van der Waals surface area contributed by atoms with Gasteiger partial charge in [-0.1, -0.05) is 0 Å². The number of aryl methyl sites for hydroxylation is 1. The Morgan fingerprint density at radius 1 is 1.33 bits per heavy atom. The van der Waals surface area contributed by atoms with Crippen molar-refractivity contribution < 1.29 is 27.5 Å². The fraction of sp³-hybridized carbons (Fsp3) is 0.529. The number of hydrogen-bond donors (Lipinski definition) is 1. The Kier molecular flexibility index (Phi) is 5.41. The number of ether oxygens (including phenoxy) is 2. The molecule has 0 spiro atoms. The van der Waals surface area contributed by atoms with Crippen LogP contribution >= 0.6 is 0 Å². The van der Waals surface area contributed by atoms with Gasteiger partial charge in [-0.2, -0.15) is 4.31 Å². The van der Waals surface area contributed by atoms with Crippen molar-refractivity contribution in [3.05, 3.63) is 17.7 Å². The number of sulfonamides is 1. The molecule has 0 unspecified atom stereocenters. The fourth-order valence-corrected chi connectivity index (χ4v) is 4.31. The Labute approximate surface area is 158 Å². The molecule has 0 radical (unpaired) electrons. The van der Waals surface area contributed by atoms with E-state index in [4.69, 9.17) is 9.47 Å². The van der Waals surface area contributed by atoms with Gasteiger partial charge in [0.15, 0.2) is 6.10 Å². The number of nitrogens with zero attached hydrogens (tertiary/aromatic N) is 2. The highest BCUT2D eigenvalue weighted by molar-refractivity contribution is 7.89. The highest BCUT2D eigenvalue weighted by Crippen LogP contribution is 2.35. The number of morpholine rings is 1. The maximum Gasteiger partial charge on any atom is 0.265 e. The SMILES string of the molecule is Cc1cc2c(cc1S(=O)(=O)N(C)CC(=O)N1CCOCC1)O[C@@H](C)C(=O)N2. The van der Waals surface area contributed by atoms with Crippen molar-refractivity contribution in [3.63, 3.8) is 0 Å². The summed E-state index contributed by atoms with van der Waals surface area (Å²) in [5.74, 6) is -0.262. The van der Waals surface area contributed by atoms with E-state index in [9.17, 15) is 18.0 Å². The average Bonchev–Trinajstić information content (AvgIpc) is 2.63. The van der Waals surface area contributed by atoms with E-state index in [1.807, 2.05) is 0 Å². The quantitative estimate of drug-likeness (QED) is 0.778. The van der Waals surface area contributed by atoms with Crippen molar-refractivity contribution in [2.75, 3.05) is 45.2 Å². The molecule has 2 amide bonds. The van der Waals surface area contributed by atoms with E-state index in [2.05, 4.69) is 5.32 Å². The predicted molar refractivity (Wildman–Crippen MR) is 97.1 cm³/mol. The molecule has 2 aliphatic rings. The molecule has 27 heavy (non-hydrogen) atoms. The van der Waals surface area contributed by atoms with Crippen LogP contribution in [0.2, 0.25) is 0 Å². The summed E-state index contributed by atoms with van der Waals surface area (Å²) in [7, 11) is -2.53. The molecule has 1 atom stereocenters. The first-order chi connectivity index (χ1) is 12.7. The Balaban J connectivity index is 1.82. The van der Waals surface area contributed by atoms with Crippen LogP contribution in [0.4, 0.5) is 5.69 Å². The molecule has 0 bridgehead atoms. The highest BCUT2D eigenvalue weighted by Gasteiger charge is 2.31. The summed E-state index contributed by atoms with van der Waals surface area (Å²) in [6.07, 6.45) is -0.712. The zero-order valence-corrected chi connectivity index (χ0v) is 16.3. The van der Waals surface area contributed by atoms with E-state index in [-0.39, 0.29) is 23.3 Å². The minimum atomic E-state index is -3.91. The topological polar surface area (TPSA) is 105 Å². The largest absolute Gasteiger partial charge is 0.479 e. The summed E-state index contributed by atoms with van der Waals surface area (Å²) in [6.45, 7) is 4.77. The smallest absolute Gasteiger partial charge is 0.265 e. The molecule has 0 aromatic heterocycles. The van der Waals surface area contributed by atoms with E-state index in [1.54, 1.807) is 24.8 Å². The van der Waals surface area contributed by atoms with Crippen LogP contribution in [0, 0.1) is 6.92 Å². The molecule has 0 saturated carbocycles. The Hall–Kier alpha value is -2.17. The lowest BCUT2D eigenvalue weighted by Crippen LogP contribution is -2.46. The van der Waals surface area contributed by atoms with Crippen molar-refractivity contribution >= 4 is 27.5 Å². The Morgan fingerprint density at radius 3 is 2.67 bits per heavy atom. The lowest BCUT2D eigenvalue weighted by Gasteiger charge is -2.29. The molecular formula is C17H23N3O6S. The van der Waals surface area contributed by atoms with Gasteiger partial charge in [-0.15, -0.1) is 0 Å². The van der Waals surface area contributed by atoms with Crippen LogP contribution in [0.5, 0.6) is 5.75 Å². The Bertz CT molecular complexity index is 864. The van der Waals surface area contributed by atoms with Crippen molar-refractivity contribution in [2.24, 2.45) is 0 Å². The number of hydrogen-bond acceptors (Lipinski definition) is 6. The number of carbonyl (C=O) groups is 2. The van der Waals surface area contributed by atoms with Crippen LogP contribution in [-0.2, 0) is 24.3 Å². The molecule has 1 N–H and O–H groups in total. The number of carbonyl (C=O) groups excluding carboxylic acids is 2. The van der Waals surface area contributed by atoms with Crippen LogP contribution in [-0.4, -0.2) is 75.4 Å². The molecule has 148 valence electrons. The summed E-state index contributed by atoms with van der Waals surface area (Å²) >= 11 is 0. The second-order valence-corrected chi connectivity index (χ2v) is 8.63. The number of rotatable bonds is 4. The van der Waals surface area contributed by atoms with E-state index >= 15 is 0 Å². The third-order valence-corrected chi connectivity index (χ3v) is 6.56. The van der Waals surface area contributed by atoms with Gasteiger partial charge in [0.05, 0.1) is 30.3 Å². The number of benzene rings is 1. The normalized spacial score (nSPS) is 20.1. The van der Waals surface area contributed by atoms with Crippen molar-refractivity contribution in [1.29, 1.82) is 0 Å². The molecular weight excluding hydrogens is 374 g/mol. The van der Waals surface area contributed by atoms with Crippen LogP contribution in [0.3, 0.4) is 0 Å². The third-order valence-electron chi connectivity index (χ3n) is 4.62. The second-order valence-electron chi connectivity index (χ2n) is 6.62. The van der Waals surface area contributed by atoms with Gasteiger partial charge < -0.3 is 19.7 Å². The van der Waals surface area contributed by atoms with Gasteiger partial charge in [0.2, 0.25) is 15.9 Å². The van der Waals surface area contributed by atoms with E-state index in [0.717, 1.165) is 4.31 Å². The molecule has 0 aliphatic carbocycles. The third kappa shape index (κ3) is 3.92. The van der Waals surface area contributed by atoms with E-state index < -0.39 is 16.1 Å². The summed E-state index contributed by atoms with van der Waals surface area (Å²) in [5.41, 5.74) is 0.888. The summed E-state index contributed by atoms with van der Waals surface area (Å²) in [4.78, 5) is 25.7. The van der Waals surface area contributed by atoms with Gasteiger partial charge in [-0.25, -0.2) is 8.42 Å². The van der Waals surface area contributed by atoms with Crippen LogP contribution in [0.25, 0.3) is 0 Å². The average molecular weight is 397 g/mol. The highest BCUT2D eigenvalue weighted by atomic mass is 32.2. The van der Waals surface area contributed by atoms with Crippen LogP contribution in [0.15, 0.2) is 17.0 Å². The van der Waals surface area contributed by atoms with E-state index in [0.29, 0.717) is 43.3 Å². The molecule has 2 aliphatic heterocycles. The molecule has 1 aromatic carbocycles. The molecule has 2 heterocycles. The van der Waals surface area contributed by atoms with Crippen molar-refractivity contribution in [2.45, 2.75) is 24.8 Å². The predicted octanol–water partition coefficient (Wildman–Crippen LogP) is 0.194.